The van der Waals surface area contributed by atoms with Crippen molar-refractivity contribution in [1.29, 1.82) is 0 Å². The summed E-state index contributed by atoms with van der Waals surface area (Å²) in [6.45, 7) is 1.49. The van der Waals surface area contributed by atoms with Crippen molar-refractivity contribution in [3.63, 3.8) is 0 Å². The molecule has 2 N–H and O–H groups in total. The molecule has 0 aromatic heterocycles. The maximum atomic E-state index is 11.3. The topological polar surface area (TPSA) is 46.3 Å². The number of rotatable bonds is 3. The zero-order valence-corrected chi connectivity index (χ0v) is 11.5. The Balaban J connectivity index is 3.12. The van der Waals surface area contributed by atoms with Crippen molar-refractivity contribution in [2.24, 2.45) is 5.73 Å². The normalized spacial score (nSPS) is 11.9. The summed E-state index contributed by atoms with van der Waals surface area (Å²) in [5.41, 5.74) is 6.58. The summed E-state index contributed by atoms with van der Waals surface area (Å²) in [6, 6.07) is 7.24. The molecule has 0 heterocycles. The van der Waals surface area contributed by atoms with Crippen LogP contribution in [0.25, 0.3) is 0 Å². The molecule has 0 spiro atoms. The van der Waals surface area contributed by atoms with E-state index < -0.39 is 0 Å². The molecule has 0 saturated heterocycles. The Kier molecular flexibility index (Phi) is 4.44. The number of carbonyl (C=O) groups is 1. The average Bonchev–Trinajstić information content (AvgIpc) is 2.17. The fourth-order valence-corrected chi connectivity index (χ4v) is 2.15. The maximum Gasteiger partial charge on any atom is 0.220 e. The van der Waals surface area contributed by atoms with Gasteiger partial charge in [-0.05, 0) is 17.7 Å². The second-order valence-electron chi connectivity index (χ2n) is 3.49. The van der Waals surface area contributed by atoms with Crippen LogP contribution in [0.1, 0.15) is 18.5 Å². The van der Waals surface area contributed by atoms with Gasteiger partial charge in [-0.3, -0.25) is 4.79 Å². The first-order valence-corrected chi connectivity index (χ1v) is 5.91. The lowest BCUT2D eigenvalue weighted by Crippen LogP contribution is -2.37. The van der Waals surface area contributed by atoms with Crippen molar-refractivity contribution in [2.45, 2.75) is 13.0 Å². The van der Waals surface area contributed by atoms with Crippen LogP contribution >= 0.6 is 28.1 Å². The van der Waals surface area contributed by atoms with Gasteiger partial charge in [-0.15, -0.1) is 0 Å². The summed E-state index contributed by atoms with van der Waals surface area (Å²) in [7, 11) is 1.69. The van der Waals surface area contributed by atoms with E-state index in [0.717, 1.165) is 10.0 Å². The Morgan fingerprint density at radius 3 is 2.62 bits per heavy atom. The Labute approximate surface area is 109 Å². The molecule has 5 heteroatoms. The van der Waals surface area contributed by atoms with Crippen molar-refractivity contribution >= 4 is 39.0 Å². The highest BCUT2D eigenvalue weighted by molar-refractivity contribution is 9.10. The van der Waals surface area contributed by atoms with Gasteiger partial charge in [-0.25, -0.2) is 0 Å². The number of likely N-dealkylation sites (N-methyl/N-ethyl adjacent to an activating group) is 1. The molecule has 16 heavy (non-hydrogen) atoms. The molecule has 86 valence electrons. The monoisotopic (exact) mass is 300 g/mol. The van der Waals surface area contributed by atoms with Gasteiger partial charge >= 0.3 is 0 Å². The van der Waals surface area contributed by atoms with Gasteiger partial charge in [0.25, 0.3) is 0 Å². The van der Waals surface area contributed by atoms with Crippen LogP contribution in [0.5, 0.6) is 0 Å². The van der Waals surface area contributed by atoms with Crippen LogP contribution in [0.2, 0.25) is 0 Å². The molecule has 3 nitrogen and oxygen atoms in total. The second-order valence-corrected chi connectivity index (χ2v) is 4.88. The number of thiocarbonyl (C=S) groups is 1. The van der Waals surface area contributed by atoms with E-state index in [1.54, 1.807) is 7.05 Å². The van der Waals surface area contributed by atoms with Crippen molar-refractivity contribution in [3.05, 3.63) is 34.3 Å². The third-order valence-electron chi connectivity index (χ3n) is 2.32. The van der Waals surface area contributed by atoms with Crippen molar-refractivity contribution in [1.82, 2.24) is 4.90 Å². The number of amides is 1. The molecule has 0 fully saturated rings. The predicted molar refractivity (Wildman–Crippen MR) is 72.1 cm³/mol. The largest absolute Gasteiger partial charge is 0.391 e. The van der Waals surface area contributed by atoms with Crippen LogP contribution in [-0.4, -0.2) is 22.8 Å². The quantitative estimate of drug-likeness (QED) is 0.871. The van der Waals surface area contributed by atoms with Gasteiger partial charge in [0.2, 0.25) is 5.91 Å². The fraction of sp³-hybridized carbons (Fsp3) is 0.273. The smallest absolute Gasteiger partial charge is 0.220 e. The molecule has 1 aromatic carbocycles. The Hall–Kier alpha value is -0.940. The zero-order chi connectivity index (χ0) is 12.3. The molecule has 0 aliphatic rings. The molecule has 0 bridgehead atoms. The van der Waals surface area contributed by atoms with E-state index in [4.69, 9.17) is 18.0 Å². The maximum absolute atomic E-state index is 11.3. The summed E-state index contributed by atoms with van der Waals surface area (Å²) in [6.07, 6.45) is 0. The third-order valence-corrected chi connectivity index (χ3v) is 3.03. The molecule has 0 aliphatic heterocycles. The summed E-state index contributed by atoms with van der Waals surface area (Å²) >= 11 is 8.38. The Morgan fingerprint density at radius 1 is 1.56 bits per heavy atom. The average molecular weight is 301 g/mol. The third kappa shape index (κ3) is 3.02. The minimum absolute atomic E-state index is 0.0715. The minimum Gasteiger partial charge on any atom is -0.391 e. The first-order valence-electron chi connectivity index (χ1n) is 4.71. The van der Waals surface area contributed by atoms with Crippen molar-refractivity contribution in [2.75, 3.05) is 7.05 Å². The van der Waals surface area contributed by atoms with Gasteiger partial charge in [-0.2, -0.15) is 0 Å². The number of hydrogen-bond acceptors (Lipinski definition) is 2. The first kappa shape index (κ1) is 13.1. The highest BCUT2D eigenvalue weighted by atomic mass is 79.9. The predicted octanol–water partition coefficient (Wildman–Crippen LogP) is 2.25. The zero-order valence-electron chi connectivity index (χ0n) is 9.11. The molecule has 0 radical (unpaired) electrons. The van der Waals surface area contributed by atoms with E-state index in [0.29, 0.717) is 0 Å². The molecular formula is C11H13BrN2OS. The molecule has 1 amide bonds. The van der Waals surface area contributed by atoms with E-state index in [9.17, 15) is 4.79 Å². The molecule has 1 rings (SSSR count). The molecule has 0 aliphatic carbocycles. The lowest BCUT2D eigenvalue weighted by Gasteiger charge is -2.26. The van der Waals surface area contributed by atoms with Crippen molar-refractivity contribution < 1.29 is 4.79 Å². The first-order chi connectivity index (χ1) is 7.43. The van der Waals surface area contributed by atoms with Gasteiger partial charge in [0.05, 0.1) is 0 Å². The lowest BCUT2D eigenvalue weighted by atomic mass is 10.1. The summed E-state index contributed by atoms with van der Waals surface area (Å²) in [5.74, 6) is -0.0715. The fourth-order valence-electron chi connectivity index (χ4n) is 1.44. The summed E-state index contributed by atoms with van der Waals surface area (Å²) < 4.78 is 0.934. The molecule has 1 aromatic rings. The number of carbonyl (C=O) groups excluding carboxylic acids is 1. The molecule has 1 atom stereocenters. The number of benzene rings is 1. The lowest BCUT2D eigenvalue weighted by molar-refractivity contribution is -0.128. The Morgan fingerprint density at radius 2 is 2.19 bits per heavy atom. The van der Waals surface area contributed by atoms with E-state index >= 15 is 0 Å². The molecule has 1 unspecified atom stereocenters. The number of nitrogens with two attached hydrogens (primary N) is 1. The van der Waals surface area contributed by atoms with Crippen LogP contribution < -0.4 is 5.73 Å². The summed E-state index contributed by atoms with van der Waals surface area (Å²) in [4.78, 5) is 13.2. The SMILES string of the molecule is CC(=O)N(C)C(C(N)=S)c1cccc(Br)c1. The second kappa shape index (κ2) is 5.41. The van der Waals surface area contributed by atoms with Crippen LogP contribution in [0.15, 0.2) is 28.7 Å². The van der Waals surface area contributed by atoms with E-state index in [-0.39, 0.29) is 16.9 Å². The van der Waals surface area contributed by atoms with E-state index in [1.165, 1.54) is 11.8 Å². The van der Waals surface area contributed by atoms with Gasteiger partial charge in [-0.1, -0.05) is 40.3 Å². The summed E-state index contributed by atoms with van der Waals surface area (Å²) in [5, 5.41) is 0. The van der Waals surface area contributed by atoms with Crippen LogP contribution in [-0.2, 0) is 4.79 Å². The van der Waals surface area contributed by atoms with Crippen LogP contribution in [0, 0.1) is 0 Å². The van der Waals surface area contributed by atoms with E-state index in [2.05, 4.69) is 15.9 Å². The van der Waals surface area contributed by atoms with Gasteiger partial charge in [0, 0.05) is 18.4 Å². The molecular weight excluding hydrogens is 288 g/mol. The van der Waals surface area contributed by atoms with Crippen LogP contribution in [0.4, 0.5) is 0 Å². The highest BCUT2D eigenvalue weighted by Crippen LogP contribution is 2.23. The van der Waals surface area contributed by atoms with Gasteiger partial charge < -0.3 is 10.6 Å². The van der Waals surface area contributed by atoms with E-state index in [1.807, 2.05) is 24.3 Å². The molecule has 0 saturated carbocycles. The van der Waals surface area contributed by atoms with Gasteiger partial charge in [0.15, 0.2) is 0 Å². The number of hydrogen-bond donors (Lipinski definition) is 1. The highest BCUT2D eigenvalue weighted by Gasteiger charge is 2.21. The van der Waals surface area contributed by atoms with Gasteiger partial charge in [0.1, 0.15) is 11.0 Å². The van der Waals surface area contributed by atoms with Crippen LogP contribution in [0.3, 0.4) is 0 Å². The minimum atomic E-state index is -0.356. The number of halogens is 1. The van der Waals surface area contributed by atoms with Crippen molar-refractivity contribution in [3.8, 4) is 0 Å². The standard InChI is InChI=1S/C11H13BrN2OS/c1-7(15)14(2)10(11(13)16)8-4-3-5-9(12)6-8/h3-6,10H,1-2H3,(H2,13,16). The Bertz CT molecular complexity index is 422. The number of nitrogens with zero attached hydrogens (tertiary/aromatic N) is 1.